The predicted octanol–water partition coefficient (Wildman–Crippen LogP) is -0.989. The average Bonchev–Trinajstić information content (AvgIpc) is 2.75. The molecule has 3 rings (SSSR count). The van der Waals surface area contributed by atoms with Crippen LogP contribution in [0.4, 0.5) is 5.82 Å². The van der Waals surface area contributed by atoms with Crippen molar-refractivity contribution in [2.24, 2.45) is 0 Å². The summed E-state index contributed by atoms with van der Waals surface area (Å²) in [5, 5.41) is 10.7. The minimum absolute atomic E-state index is 0.00238. The van der Waals surface area contributed by atoms with Crippen LogP contribution in [-0.2, 0) is 43.6 Å². The van der Waals surface area contributed by atoms with Crippen LogP contribution in [0.25, 0.3) is 0 Å². The monoisotopic (exact) mass is 539 g/mol. The quantitative estimate of drug-likeness (QED) is 0.217. The van der Waals surface area contributed by atoms with Crippen LogP contribution in [0.3, 0.4) is 0 Å². The van der Waals surface area contributed by atoms with E-state index in [1.807, 2.05) is 0 Å². The van der Waals surface area contributed by atoms with Crippen LogP contribution in [0.2, 0.25) is 0 Å². The van der Waals surface area contributed by atoms with Crippen LogP contribution in [0, 0.1) is 6.92 Å². The molecule has 6 atom stereocenters. The van der Waals surface area contributed by atoms with Gasteiger partial charge in [-0.15, -0.1) is 0 Å². The van der Waals surface area contributed by atoms with Crippen molar-refractivity contribution in [1.29, 1.82) is 0 Å². The maximum Gasteiger partial charge on any atom is 0.488 e. The van der Waals surface area contributed by atoms with Gasteiger partial charge in [0.15, 0.2) is 6.23 Å². The van der Waals surface area contributed by atoms with Gasteiger partial charge in [-0.3, -0.25) is 4.57 Å². The smallest absolute Gasteiger partial charge is 0.387 e. The van der Waals surface area contributed by atoms with E-state index in [1.54, 1.807) is 6.92 Å². The van der Waals surface area contributed by atoms with Crippen LogP contribution in [0.15, 0.2) is 11.0 Å². The third-order valence-electron chi connectivity index (χ3n) is 4.66. The van der Waals surface area contributed by atoms with Gasteiger partial charge in [0.05, 0.1) is 13.2 Å². The molecule has 2 fully saturated rings. The van der Waals surface area contributed by atoms with Gasteiger partial charge in [0.25, 0.3) is 0 Å². The fraction of sp³-hybridized carbons (Fsp3) is 0.667. The Labute approximate surface area is 185 Å². The standard InChI is InChI=1S/C12H20N3O13P3S/c1-6-4-15(11(17)14-9(6)13)10-7-8(16)12(26-10,2-3-24-7)5-25-31(23,32)28-30(21,22)27-29(18,19)20/h4,7-8,10,16H,2-3,5H2,1H3,(H,21,22)(H,23,32)(H2,13,14,17)(H2,18,19,20)/t7-,8+,10-,12-,31?/m1/s1. The number of aryl methyl sites for hydroxylation is 1. The molecule has 7 N–H and O–H groups in total. The van der Waals surface area contributed by atoms with Crippen molar-refractivity contribution in [3.05, 3.63) is 22.2 Å². The number of aliphatic hydroxyl groups excluding tert-OH is 1. The lowest BCUT2D eigenvalue weighted by Gasteiger charge is -2.35. The second-order valence-electron chi connectivity index (χ2n) is 6.97. The third kappa shape index (κ3) is 5.71. The SMILES string of the molecule is Cc1cn([C@@H]2O[C@@]3(COP(O)(=S)OP(=O)(O)OP(=O)(O)O)CCO[C@@H]2[C@@H]3O)c(=O)nc1N. The van der Waals surface area contributed by atoms with Gasteiger partial charge in [0.2, 0.25) is 0 Å². The molecule has 0 aromatic carbocycles. The van der Waals surface area contributed by atoms with Crippen LogP contribution in [-0.4, -0.2) is 65.3 Å². The normalized spacial score (nSPS) is 31.8. The molecule has 1 aromatic heterocycles. The highest BCUT2D eigenvalue weighted by atomic mass is 32.5. The Balaban J connectivity index is 1.79. The first-order valence-electron chi connectivity index (χ1n) is 8.65. The summed E-state index contributed by atoms with van der Waals surface area (Å²) in [4.78, 5) is 52.6. The number of nitrogens with zero attached hydrogens (tertiary/aromatic N) is 2. The van der Waals surface area contributed by atoms with Crippen molar-refractivity contribution in [2.75, 3.05) is 18.9 Å². The Morgan fingerprint density at radius 1 is 1.34 bits per heavy atom. The van der Waals surface area contributed by atoms with E-state index in [0.29, 0.717) is 5.56 Å². The number of fused-ring (bicyclic) bond motifs is 2. The van der Waals surface area contributed by atoms with Crippen LogP contribution in [0.1, 0.15) is 18.2 Å². The lowest BCUT2D eigenvalue weighted by atomic mass is 9.90. The van der Waals surface area contributed by atoms with Crippen molar-refractivity contribution >= 4 is 40.0 Å². The maximum absolute atomic E-state index is 12.3. The molecule has 32 heavy (non-hydrogen) atoms. The number of aromatic nitrogens is 2. The van der Waals surface area contributed by atoms with Crippen LogP contribution in [0.5, 0.6) is 0 Å². The second-order valence-corrected chi connectivity index (χ2v) is 12.8. The van der Waals surface area contributed by atoms with E-state index in [4.69, 9.17) is 29.5 Å². The first-order chi connectivity index (χ1) is 14.5. The number of nitrogens with two attached hydrogens (primary N) is 1. The zero-order chi connectivity index (χ0) is 24.1. The molecule has 2 bridgehead atoms. The van der Waals surface area contributed by atoms with E-state index in [9.17, 15) is 28.8 Å². The fourth-order valence-electron chi connectivity index (χ4n) is 3.24. The maximum atomic E-state index is 12.3. The number of hydrogen-bond donors (Lipinski definition) is 6. The van der Waals surface area contributed by atoms with E-state index in [2.05, 4.69) is 25.4 Å². The Kier molecular flexibility index (Phi) is 7.21. The fourth-order valence-corrected chi connectivity index (χ4v) is 7.24. The second kappa shape index (κ2) is 8.87. The number of nitrogen functional groups attached to an aromatic ring is 1. The number of phosphoric acid groups is 2. The highest BCUT2D eigenvalue weighted by molar-refractivity contribution is 8.08. The summed E-state index contributed by atoms with van der Waals surface area (Å²) in [5.41, 5.74) is 3.72. The molecular formula is C12H20N3O13P3S. The number of ether oxygens (including phenoxy) is 2. The number of aliphatic hydroxyl groups is 1. The summed E-state index contributed by atoms with van der Waals surface area (Å²) in [6.07, 6.45) is -2.23. The molecule has 20 heteroatoms. The molecule has 2 aliphatic rings. The molecule has 2 unspecified atom stereocenters. The number of rotatable bonds is 8. The number of hydrogen-bond acceptors (Lipinski definition) is 12. The van der Waals surface area contributed by atoms with E-state index in [1.165, 1.54) is 6.20 Å². The molecule has 0 radical (unpaired) electrons. The average molecular weight is 539 g/mol. The first kappa shape index (κ1) is 26.0. The summed E-state index contributed by atoms with van der Waals surface area (Å²) in [7, 11) is -11.0. The molecule has 2 saturated heterocycles. The zero-order valence-corrected chi connectivity index (χ0v) is 19.7. The lowest BCUT2D eigenvalue weighted by Crippen LogP contribution is -2.51. The molecule has 0 spiro atoms. The van der Waals surface area contributed by atoms with Gasteiger partial charge in [0.1, 0.15) is 23.6 Å². The Morgan fingerprint density at radius 2 is 2.00 bits per heavy atom. The van der Waals surface area contributed by atoms with Gasteiger partial charge in [-0.25, -0.2) is 18.2 Å². The molecular weight excluding hydrogens is 519 g/mol. The Bertz CT molecular complexity index is 1090. The molecule has 182 valence electrons. The summed E-state index contributed by atoms with van der Waals surface area (Å²) < 4.78 is 47.6. The van der Waals surface area contributed by atoms with E-state index >= 15 is 0 Å². The minimum Gasteiger partial charge on any atom is -0.387 e. The van der Waals surface area contributed by atoms with Crippen molar-refractivity contribution < 1.29 is 56.4 Å². The summed E-state index contributed by atoms with van der Waals surface area (Å²) in [6.45, 7) is -3.67. The van der Waals surface area contributed by atoms with Crippen molar-refractivity contribution in [2.45, 2.75) is 37.4 Å². The molecule has 0 saturated carbocycles. The predicted molar refractivity (Wildman–Crippen MR) is 107 cm³/mol. The van der Waals surface area contributed by atoms with Gasteiger partial charge in [-0.05, 0) is 18.7 Å². The van der Waals surface area contributed by atoms with Gasteiger partial charge in [0, 0.05) is 18.2 Å². The van der Waals surface area contributed by atoms with Gasteiger partial charge < -0.3 is 44.4 Å². The molecule has 1 aromatic rings. The topological polar surface area (TPSA) is 242 Å². The molecule has 2 aliphatic heterocycles. The van der Waals surface area contributed by atoms with Gasteiger partial charge >= 0.3 is 28.1 Å². The third-order valence-corrected chi connectivity index (χ3v) is 9.36. The molecule has 0 aliphatic carbocycles. The zero-order valence-electron chi connectivity index (χ0n) is 16.2. The Hall–Kier alpha value is -0.610. The van der Waals surface area contributed by atoms with Crippen molar-refractivity contribution in [3.63, 3.8) is 0 Å². The highest BCUT2D eigenvalue weighted by Crippen LogP contribution is 2.66. The first-order valence-corrected chi connectivity index (χ1v) is 14.3. The number of anilines is 1. The largest absolute Gasteiger partial charge is 0.488 e. The lowest BCUT2D eigenvalue weighted by molar-refractivity contribution is -0.140. The van der Waals surface area contributed by atoms with Crippen LogP contribution >= 0.6 is 22.4 Å². The summed E-state index contributed by atoms with van der Waals surface area (Å²) in [5.74, 6) is 0.0100. The van der Waals surface area contributed by atoms with Crippen LogP contribution < -0.4 is 11.4 Å². The molecule has 16 nitrogen and oxygen atoms in total. The molecule has 3 heterocycles. The van der Waals surface area contributed by atoms with E-state index < -0.39 is 58.7 Å². The summed E-state index contributed by atoms with van der Waals surface area (Å²) in [6, 6.07) is 0. The highest BCUT2D eigenvalue weighted by Gasteiger charge is 2.59. The Morgan fingerprint density at radius 3 is 2.62 bits per heavy atom. The van der Waals surface area contributed by atoms with Gasteiger partial charge in [-0.1, -0.05) is 0 Å². The summed E-state index contributed by atoms with van der Waals surface area (Å²) >= 11 is 4.58. The van der Waals surface area contributed by atoms with Crippen molar-refractivity contribution in [3.8, 4) is 0 Å². The van der Waals surface area contributed by atoms with Crippen molar-refractivity contribution in [1.82, 2.24) is 9.55 Å². The van der Waals surface area contributed by atoms with E-state index in [0.717, 1.165) is 4.57 Å². The molecule has 0 amide bonds. The minimum atomic E-state index is -5.50. The van der Waals surface area contributed by atoms with E-state index in [-0.39, 0.29) is 18.8 Å². The van der Waals surface area contributed by atoms with Gasteiger partial charge in [-0.2, -0.15) is 9.29 Å².